The summed E-state index contributed by atoms with van der Waals surface area (Å²) in [7, 11) is 1.68. The van der Waals surface area contributed by atoms with Crippen molar-refractivity contribution in [1.82, 2.24) is 14.8 Å². The summed E-state index contributed by atoms with van der Waals surface area (Å²) in [4.78, 5) is 4.40. The third-order valence-electron chi connectivity index (χ3n) is 2.17. The highest BCUT2D eigenvalue weighted by Crippen LogP contribution is 2.22. The van der Waals surface area contributed by atoms with E-state index >= 15 is 0 Å². The predicted octanol–water partition coefficient (Wildman–Crippen LogP) is 1.11. The van der Waals surface area contributed by atoms with E-state index in [2.05, 4.69) is 10.1 Å². The Morgan fingerprint density at radius 1 is 1.56 bits per heavy atom. The molecule has 0 spiro atoms. The van der Waals surface area contributed by atoms with Gasteiger partial charge in [-0.2, -0.15) is 5.10 Å². The van der Waals surface area contributed by atoms with Gasteiger partial charge in [0.05, 0.1) is 25.0 Å². The molecular formula is C10H14N4OS. The second kappa shape index (κ2) is 5.20. The van der Waals surface area contributed by atoms with Gasteiger partial charge in [-0.3, -0.25) is 4.68 Å². The molecule has 2 N–H and O–H groups in total. The molecule has 0 aliphatic carbocycles. The van der Waals surface area contributed by atoms with E-state index in [9.17, 15) is 0 Å². The first-order chi connectivity index (χ1) is 7.83. The minimum absolute atomic E-state index is 0.480. The van der Waals surface area contributed by atoms with E-state index in [1.807, 2.05) is 22.5 Å². The molecule has 0 saturated heterocycles. The van der Waals surface area contributed by atoms with Crippen LogP contribution in [0.3, 0.4) is 0 Å². The summed E-state index contributed by atoms with van der Waals surface area (Å²) in [5.41, 5.74) is 7.47. The number of nitrogens with two attached hydrogens (primary N) is 1. The van der Waals surface area contributed by atoms with E-state index < -0.39 is 0 Å². The number of thiazole rings is 1. The molecule has 6 heteroatoms. The van der Waals surface area contributed by atoms with Crippen LogP contribution in [-0.2, 0) is 17.8 Å². The maximum atomic E-state index is 5.52. The molecule has 0 bridgehead atoms. The molecule has 86 valence electrons. The van der Waals surface area contributed by atoms with E-state index in [0.717, 1.165) is 22.8 Å². The van der Waals surface area contributed by atoms with Crippen molar-refractivity contribution in [3.05, 3.63) is 23.5 Å². The lowest BCUT2D eigenvalue weighted by atomic mass is 10.4. The average molecular weight is 238 g/mol. The Hall–Kier alpha value is -1.24. The number of ether oxygens (including phenoxy) is 1. The number of hydrogen-bond donors (Lipinski definition) is 1. The largest absolute Gasteiger partial charge is 0.383 e. The van der Waals surface area contributed by atoms with Crippen LogP contribution in [0.5, 0.6) is 0 Å². The minimum Gasteiger partial charge on any atom is -0.383 e. The number of rotatable bonds is 5. The lowest BCUT2D eigenvalue weighted by Gasteiger charge is -1.97. The van der Waals surface area contributed by atoms with Crippen LogP contribution < -0.4 is 5.73 Å². The first-order valence-electron chi connectivity index (χ1n) is 4.99. The molecule has 0 fully saturated rings. The number of hydrogen-bond acceptors (Lipinski definition) is 5. The Labute approximate surface area is 97.9 Å². The molecule has 0 radical (unpaired) electrons. The molecule has 2 heterocycles. The monoisotopic (exact) mass is 238 g/mol. The molecule has 0 aliphatic heterocycles. The molecule has 0 saturated carbocycles. The van der Waals surface area contributed by atoms with Gasteiger partial charge in [0.15, 0.2) is 0 Å². The topological polar surface area (TPSA) is 66.0 Å². The molecule has 2 aromatic heterocycles. The lowest BCUT2D eigenvalue weighted by molar-refractivity contribution is 0.183. The van der Waals surface area contributed by atoms with Gasteiger partial charge >= 0.3 is 0 Å². The number of methoxy groups -OCH3 is 1. The van der Waals surface area contributed by atoms with Crippen molar-refractivity contribution in [2.75, 3.05) is 13.7 Å². The predicted molar refractivity (Wildman–Crippen MR) is 63.1 cm³/mol. The first kappa shape index (κ1) is 11.3. The fraction of sp³-hybridized carbons (Fsp3) is 0.400. The van der Waals surface area contributed by atoms with Crippen LogP contribution in [-0.4, -0.2) is 28.5 Å². The van der Waals surface area contributed by atoms with Crippen molar-refractivity contribution in [3.8, 4) is 10.6 Å². The summed E-state index contributed by atoms with van der Waals surface area (Å²) in [6.45, 7) is 1.90. The van der Waals surface area contributed by atoms with Gasteiger partial charge in [0.1, 0.15) is 5.01 Å². The van der Waals surface area contributed by atoms with Gasteiger partial charge < -0.3 is 10.5 Å². The first-order valence-corrected chi connectivity index (χ1v) is 5.87. The average Bonchev–Trinajstić information content (AvgIpc) is 2.94. The zero-order chi connectivity index (χ0) is 11.4. The van der Waals surface area contributed by atoms with Gasteiger partial charge in [-0.05, 0) is 0 Å². The van der Waals surface area contributed by atoms with Crippen LogP contribution in [0.25, 0.3) is 10.6 Å². The van der Waals surface area contributed by atoms with Gasteiger partial charge in [-0.1, -0.05) is 0 Å². The van der Waals surface area contributed by atoms with Crippen molar-refractivity contribution >= 4 is 11.3 Å². The molecule has 2 rings (SSSR count). The zero-order valence-electron chi connectivity index (χ0n) is 9.09. The summed E-state index contributed by atoms with van der Waals surface area (Å²) in [5.74, 6) is 0. The third kappa shape index (κ3) is 2.46. The molecule has 5 nitrogen and oxygen atoms in total. The Balaban J connectivity index is 2.11. The standard InChI is InChI=1S/C10H14N4OS/c1-15-3-2-14-6-8(5-12-14)10-13-9(4-11)7-16-10/h5-7H,2-4,11H2,1H3. The van der Waals surface area contributed by atoms with Gasteiger partial charge in [0.25, 0.3) is 0 Å². The summed E-state index contributed by atoms with van der Waals surface area (Å²) in [5, 5.41) is 7.17. The lowest BCUT2D eigenvalue weighted by Crippen LogP contribution is -2.03. The van der Waals surface area contributed by atoms with Crippen LogP contribution >= 0.6 is 11.3 Å². The summed E-state index contributed by atoms with van der Waals surface area (Å²) < 4.78 is 6.84. The fourth-order valence-electron chi connectivity index (χ4n) is 1.31. The molecular weight excluding hydrogens is 224 g/mol. The van der Waals surface area contributed by atoms with Crippen molar-refractivity contribution in [2.45, 2.75) is 13.1 Å². The molecule has 0 aliphatic rings. The second-order valence-electron chi connectivity index (χ2n) is 3.33. The Bertz CT molecular complexity index is 451. The van der Waals surface area contributed by atoms with Gasteiger partial charge in [-0.15, -0.1) is 11.3 Å². The van der Waals surface area contributed by atoms with E-state index in [0.29, 0.717) is 13.2 Å². The van der Waals surface area contributed by atoms with E-state index in [1.165, 1.54) is 0 Å². The minimum atomic E-state index is 0.480. The third-order valence-corrected chi connectivity index (χ3v) is 3.11. The molecule has 0 amide bonds. The Morgan fingerprint density at radius 2 is 2.44 bits per heavy atom. The SMILES string of the molecule is COCCn1cc(-c2nc(CN)cs2)cn1. The normalized spacial score (nSPS) is 10.9. The van der Waals surface area contributed by atoms with Crippen LogP contribution in [0, 0.1) is 0 Å². The van der Waals surface area contributed by atoms with Gasteiger partial charge in [-0.25, -0.2) is 4.98 Å². The summed E-state index contributed by atoms with van der Waals surface area (Å²) in [6.07, 6.45) is 3.78. The maximum Gasteiger partial charge on any atom is 0.126 e. The summed E-state index contributed by atoms with van der Waals surface area (Å²) >= 11 is 1.59. The highest BCUT2D eigenvalue weighted by Gasteiger charge is 2.06. The van der Waals surface area contributed by atoms with Crippen molar-refractivity contribution in [3.63, 3.8) is 0 Å². The molecule has 2 aromatic rings. The van der Waals surface area contributed by atoms with Crippen LogP contribution in [0.1, 0.15) is 5.69 Å². The quantitative estimate of drug-likeness (QED) is 0.847. The molecule has 0 atom stereocenters. The van der Waals surface area contributed by atoms with E-state index in [4.69, 9.17) is 10.5 Å². The maximum absolute atomic E-state index is 5.52. The van der Waals surface area contributed by atoms with E-state index in [-0.39, 0.29) is 0 Å². The van der Waals surface area contributed by atoms with Crippen molar-refractivity contribution in [2.24, 2.45) is 5.73 Å². The molecule has 0 unspecified atom stereocenters. The highest BCUT2D eigenvalue weighted by atomic mass is 32.1. The number of aromatic nitrogens is 3. The van der Waals surface area contributed by atoms with Crippen LogP contribution in [0.4, 0.5) is 0 Å². The van der Waals surface area contributed by atoms with Crippen LogP contribution in [0.15, 0.2) is 17.8 Å². The highest BCUT2D eigenvalue weighted by molar-refractivity contribution is 7.13. The second-order valence-corrected chi connectivity index (χ2v) is 4.19. The molecule has 0 aromatic carbocycles. The van der Waals surface area contributed by atoms with Gasteiger partial charge in [0, 0.05) is 30.8 Å². The zero-order valence-corrected chi connectivity index (χ0v) is 9.91. The van der Waals surface area contributed by atoms with Gasteiger partial charge in [0.2, 0.25) is 0 Å². The van der Waals surface area contributed by atoms with Crippen LogP contribution in [0.2, 0.25) is 0 Å². The Morgan fingerprint density at radius 3 is 3.12 bits per heavy atom. The van der Waals surface area contributed by atoms with Crippen molar-refractivity contribution < 1.29 is 4.74 Å². The number of nitrogens with zero attached hydrogens (tertiary/aromatic N) is 3. The fourth-order valence-corrected chi connectivity index (χ4v) is 2.12. The Kier molecular flexibility index (Phi) is 3.66. The smallest absolute Gasteiger partial charge is 0.126 e. The summed E-state index contributed by atoms with van der Waals surface area (Å²) in [6, 6.07) is 0. The van der Waals surface area contributed by atoms with Crippen molar-refractivity contribution in [1.29, 1.82) is 0 Å². The molecule has 16 heavy (non-hydrogen) atoms. The van der Waals surface area contributed by atoms with E-state index in [1.54, 1.807) is 18.4 Å².